The lowest BCUT2D eigenvalue weighted by molar-refractivity contribution is 0.186. The summed E-state index contributed by atoms with van der Waals surface area (Å²) in [5, 5.41) is 14.7. The summed E-state index contributed by atoms with van der Waals surface area (Å²) in [4.78, 5) is 20.5. The second-order valence-electron chi connectivity index (χ2n) is 7.99. The van der Waals surface area contributed by atoms with E-state index in [1.54, 1.807) is 32.5 Å². The zero-order chi connectivity index (χ0) is 24.2. The van der Waals surface area contributed by atoms with Crippen LogP contribution in [0, 0.1) is 0 Å². The van der Waals surface area contributed by atoms with Gasteiger partial charge in [0.2, 0.25) is 11.8 Å². The molecule has 2 aromatic heterocycles. The minimum Gasteiger partial charge on any atom is -0.497 e. The van der Waals surface area contributed by atoms with E-state index in [-0.39, 0.29) is 6.04 Å². The highest BCUT2D eigenvalue weighted by Gasteiger charge is 2.34. The number of β-amino-alcohol motifs (C(OH)–C–C–N with tert-alkyl or cyclic N) is 1. The predicted molar refractivity (Wildman–Crippen MR) is 132 cm³/mol. The van der Waals surface area contributed by atoms with Crippen LogP contribution in [0.2, 0.25) is 5.02 Å². The summed E-state index contributed by atoms with van der Waals surface area (Å²) in [6.45, 7) is 4.99. The van der Waals surface area contributed by atoms with Crippen LogP contribution in [0.4, 0.5) is 11.8 Å². The summed E-state index contributed by atoms with van der Waals surface area (Å²) in [5.41, 5.74) is 3.21. The molecule has 1 aliphatic heterocycles. The van der Waals surface area contributed by atoms with Gasteiger partial charge in [0.1, 0.15) is 11.6 Å². The van der Waals surface area contributed by atoms with Crippen molar-refractivity contribution in [3.8, 4) is 22.9 Å². The molecule has 0 radical (unpaired) electrons. The average Bonchev–Trinajstić information content (AvgIpc) is 3.23. The van der Waals surface area contributed by atoms with E-state index < -0.39 is 6.10 Å². The first-order valence-corrected chi connectivity index (χ1v) is 11.6. The van der Waals surface area contributed by atoms with Gasteiger partial charge in [-0.3, -0.25) is 0 Å². The number of nitrogens with zero attached hydrogens (tertiary/aromatic N) is 5. The number of methoxy groups -OCH3 is 2. The van der Waals surface area contributed by atoms with E-state index in [1.807, 2.05) is 30.9 Å². The number of halogens is 1. The molecular formula is C24H29ClN6O3. The molecule has 1 saturated heterocycles. The van der Waals surface area contributed by atoms with Crippen molar-refractivity contribution in [1.29, 1.82) is 0 Å². The number of aliphatic hydroxyl groups is 1. The Balaban J connectivity index is 1.61. The molecule has 3 heterocycles. The summed E-state index contributed by atoms with van der Waals surface area (Å²) in [6.07, 6.45) is 2.37. The maximum atomic E-state index is 10.7. The van der Waals surface area contributed by atoms with E-state index in [4.69, 9.17) is 31.0 Å². The molecule has 1 aromatic carbocycles. The quantitative estimate of drug-likeness (QED) is 0.497. The third-order valence-electron chi connectivity index (χ3n) is 5.86. The minimum atomic E-state index is -0.623. The molecule has 10 heteroatoms. The van der Waals surface area contributed by atoms with Crippen molar-refractivity contribution in [2.45, 2.75) is 38.8 Å². The van der Waals surface area contributed by atoms with Gasteiger partial charge in [-0.25, -0.2) is 15.0 Å². The fourth-order valence-electron chi connectivity index (χ4n) is 4.01. The number of rotatable bonds is 8. The van der Waals surface area contributed by atoms with Gasteiger partial charge in [-0.2, -0.15) is 4.98 Å². The number of aromatic nitrogens is 4. The monoisotopic (exact) mass is 484 g/mol. The van der Waals surface area contributed by atoms with E-state index in [9.17, 15) is 5.11 Å². The number of hydrogen-bond donors (Lipinski definition) is 2. The Bertz CT molecular complexity index is 1160. The average molecular weight is 485 g/mol. The zero-order valence-electron chi connectivity index (χ0n) is 19.7. The first kappa shape index (κ1) is 24.0. The van der Waals surface area contributed by atoms with Crippen molar-refractivity contribution in [3.05, 3.63) is 46.9 Å². The minimum absolute atomic E-state index is 0.255. The molecule has 180 valence electrons. The zero-order valence-corrected chi connectivity index (χ0v) is 20.5. The number of hydrogen-bond acceptors (Lipinski definition) is 9. The third kappa shape index (κ3) is 4.85. The van der Waals surface area contributed by atoms with Gasteiger partial charge in [-0.15, -0.1) is 0 Å². The third-order valence-corrected chi connectivity index (χ3v) is 6.17. The van der Waals surface area contributed by atoms with Gasteiger partial charge in [0, 0.05) is 30.9 Å². The molecule has 9 nitrogen and oxygen atoms in total. The maximum Gasteiger partial charge on any atom is 0.228 e. The van der Waals surface area contributed by atoms with Crippen LogP contribution < -0.4 is 19.7 Å². The molecular weight excluding hydrogens is 456 g/mol. The van der Waals surface area contributed by atoms with Crippen LogP contribution in [-0.2, 0) is 12.8 Å². The second-order valence-corrected chi connectivity index (χ2v) is 8.40. The lowest BCUT2D eigenvalue weighted by atomic mass is 10.1. The second kappa shape index (κ2) is 10.4. The number of nitrogens with one attached hydrogen (secondary N) is 1. The Labute approximate surface area is 204 Å². The topological polar surface area (TPSA) is 106 Å². The highest BCUT2D eigenvalue weighted by Crippen LogP contribution is 2.33. The first-order valence-electron chi connectivity index (χ1n) is 11.3. The molecule has 34 heavy (non-hydrogen) atoms. The van der Waals surface area contributed by atoms with Crippen LogP contribution in [0.3, 0.4) is 0 Å². The van der Waals surface area contributed by atoms with Crippen molar-refractivity contribution >= 4 is 23.4 Å². The lowest BCUT2D eigenvalue weighted by Crippen LogP contribution is -2.33. The summed E-state index contributed by atoms with van der Waals surface area (Å²) in [7, 11) is 3.17. The largest absolute Gasteiger partial charge is 0.497 e. The van der Waals surface area contributed by atoms with E-state index in [0.29, 0.717) is 54.3 Å². The Morgan fingerprint density at radius 2 is 1.85 bits per heavy atom. The Kier molecular flexibility index (Phi) is 7.33. The molecule has 0 bridgehead atoms. The van der Waals surface area contributed by atoms with Crippen molar-refractivity contribution < 1.29 is 14.6 Å². The van der Waals surface area contributed by atoms with Gasteiger partial charge in [0.25, 0.3) is 0 Å². The molecule has 0 aliphatic carbocycles. The number of ether oxygens (including phenoxy) is 2. The summed E-state index contributed by atoms with van der Waals surface area (Å²) in [6, 6.07) is 6.99. The SMILES string of the molecule is CCc1nc(-c2ccc(OC)cc2Cl)c(CC)nc1N[C@@H]1CN(c2nccc(OC)n2)C[C@@H]1O. The first-order chi connectivity index (χ1) is 16.5. The number of aliphatic hydroxyl groups excluding tert-OH is 1. The molecule has 3 aromatic rings. The molecule has 1 fully saturated rings. The van der Waals surface area contributed by atoms with E-state index in [0.717, 1.165) is 22.6 Å². The molecule has 4 rings (SSSR count). The molecule has 0 amide bonds. The number of aryl methyl sites for hydroxylation is 2. The molecule has 1 aliphatic rings. The van der Waals surface area contributed by atoms with Crippen LogP contribution >= 0.6 is 11.6 Å². The normalized spacial score (nSPS) is 17.6. The molecule has 2 atom stereocenters. The van der Waals surface area contributed by atoms with Crippen LogP contribution in [0.25, 0.3) is 11.3 Å². The lowest BCUT2D eigenvalue weighted by Gasteiger charge is -2.20. The van der Waals surface area contributed by atoms with Crippen molar-refractivity contribution in [1.82, 2.24) is 19.9 Å². The standard InChI is InChI=1S/C24H29ClN6O3/c1-5-17-22(15-8-7-14(33-3)11-16(15)25)27-18(6-2)23(28-17)29-19-12-31(13-20(19)32)24-26-10-9-21(30-24)34-4/h7-11,19-20,32H,5-6,12-13H2,1-4H3,(H,28,29)/t19-,20+/m1/s1. The van der Waals surface area contributed by atoms with Crippen LogP contribution in [0.5, 0.6) is 11.6 Å². The highest BCUT2D eigenvalue weighted by atomic mass is 35.5. The summed E-state index contributed by atoms with van der Waals surface area (Å²) < 4.78 is 10.5. The smallest absolute Gasteiger partial charge is 0.228 e. The van der Waals surface area contributed by atoms with Crippen molar-refractivity contribution in [2.24, 2.45) is 0 Å². The number of anilines is 2. The van der Waals surface area contributed by atoms with E-state index in [2.05, 4.69) is 15.3 Å². The fraction of sp³-hybridized carbons (Fsp3) is 0.417. The van der Waals surface area contributed by atoms with Crippen LogP contribution in [0.15, 0.2) is 30.5 Å². The Morgan fingerprint density at radius 3 is 2.53 bits per heavy atom. The van der Waals surface area contributed by atoms with Gasteiger partial charge >= 0.3 is 0 Å². The molecule has 0 unspecified atom stereocenters. The van der Waals surface area contributed by atoms with Crippen molar-refractivity contribution in [3.63, 3.8) is 0 Å². The molecule has 0 spiro atoms. The molecule has 2 N–H and O–H groups in total. The predicted octanol–water partition coefficient (Wildman–Crippen LogP) is 3.39. The number of benzene rings is 1. The summed E-state index contributed by atoms with van der Waals surface area (Å²) >= 11 is 6.54. The van der Waals surface area contributed by atoms with Gasteiger partial charge in [0.15, 0.2) is 0 Å². The van der Waals surface area contributed by atoms with Crippen molar-refractivity contribution in [2.75, 3.05) is 37.5 Å². The van der Waals surface area contributed by atoms with Crippen LogP contribution in [0.1, 0.15) is 25.2 Å². The van der Waals surface area contributed by atoms with E-state index in [1.165, 1.54) is 0 Å². The van der Waals surface area contributed by atoms with Crippen LogP contribution in [-0.4, -0.2) is 64.5 Å². The van der Waals surface area contributed by atoms with Gasteiger partial charge in [-0.1, -0.05) is 25.4 Å². The van der Waals surface area contributed by atoms with E-state index >= 15 is 0 Å². The molecule has 0 saturated carbocycles. The summed E-state index contributed by atoms with van der Waals surface area (Å²) in [5.74, 6) is 2.36. The van der Waals surface area contributed by atoms with Gasteiger partial charge in [-0.05, 0) is 31.0 Å². The highest BCUT2D eigenvalue weighted by molar-refractivity contribution is 6.33. The Hall–Kier alpha value is -3.17. The Morgan fingerprint density at radius 1 is 1.06 bits per heavy atom. The van der Waals surface area contributed by atoms with Gasteiger partial charge in [0.05, 0.1) is 48.5 Å². The maximum absolute atomic E-state index is 10.7. The fourth-order valence-corrected chi connectivity index (χ4v) is 4.27. The van der Waals surface area contributed by atoms with Gasteiger partial charge < -0.3 is 24.8 Å².